The van der Waals surface area contributed by atoms with E-state index in [4.69, 9.17) is 0 Å². The van der Waals surface area contributed by atoms with Crippen LogP contribution in [0.2, 0.25) is 0 Å². The highest BCUT2D eigenvalue weighted by atomic mass is 14.9. The lowest BCUT2D eigenvalue weighted by Crippen LogP contribution is -2.06. The maximum atomic E-state index is 3.61. The predicted molar refractivity (Wildman–Crippen MR) is 98.0 cm³/mol. The van der Waals surface area contributed by atoms with Crippen LogP contribution in [0.4, 0.5) is 11.4 Å². The van der Waals surface area contributed by atoms with Gasteiger partial charge in [0.15, 0.2) is 0 Å². The number of hydrogen-bond donors (Lipinski definition) is 1. The van der Waals surface area contributed by atoms with Crippen molar-refractivity contribution < 1.29 is 0 Å². The molecule has 22 heavy (non-hydrogen) atoms. The number of anilines is 2. The van der Waals surface area contributed by atoms with Crippen LogP contribution in [0.3, 0.4) is 0 Å². The molecule has 1 N–H and O–H groups in total. The highest BCUT2D eigenvalue weighted by molar-refractivity contribution is 5.64. The number of aryl methyl sites for hydroxylation is 1. The minimum atomic E-state index is 0.629. The lowest BCUT2D eigenvalue weighted by Gasteiger charge is -2.22. The van der Waals surface area contributed by atoms with E-state index in [1.807, 2.05) is 0 Å². The van der Waals surface area contributed by atoms with Crippen LogP contribution in [0, 0.1) is 12.8 Å². The third-order valence-electron chi connectivity index (χ3n) is 4.61. The van der Waals surface area contributed by atoms with Gasteiger partial charge in [-0.25, -0.2) is 0 Å². The molecule has 0 fully saturated rings. The zero-order valence-electron chi connectivity index (χ0n) is 14.4. The van der Waals surface area contributed by atoms with E-state index < -0.39 is 0 Å². The summed E-state index contributed by atoms with van der Waals surface area (Å²) in [4.78, 5) is 0. The summed E-state index contributed by atoms with van der Waals surface area (Å²) in [5, 5.41) is 3.61. The van der Waals surface area contributed by atoms with Gasteiger partial charge < -0.3 is 5.32 Å². The maximum absolute atomic E-state index is 3.61. The van der Waals surface area contributed by atoms with Crippen LogP contribution >= 0.6 is 0 Å². The quantitative estimate of drug-likeness (QED) is 0.601. The van der Waals surface area contributed by atoms with Gasteiger partial charge in [-0.1, -0.05) is 63.1 Å². The number of benzene rings is 2. The Kier molecular flexibility index (Phi) is 6.06. The molecular formula is C21H29N. The Morgan fingerprint density at radius 1 is 0.909 bits per heavy atom. The lowest BCUT2D eigenvalue weighted by molar-refractivity contribution is 0.447. The van der Waals surface area contributed by atoms with Gasteiger partial charge in [-0.15, -0.1) is 0 Å². The van der Waals surface area contributed by atoms with Crippen LogP contribution in [-0.4, -0.2) is 0 Å². The molecule has 2 aromatic rings. The molecule has 0 amide bonds. The minimum Gasteiger partial charge on any atom is -0.355 e. The fraction of sp³-hybridized carbons (Fsp3) is 0.429. The number of para-hydroxylation sites is 1. The molecule has 0 bridgehead atoms. The van der Waals surface area contributed by atoms with E-state index in [0.29, 0.717) is 5.92 Å². The molecule has 2 atom stereocenters. The third kappa shape index (κ3) is 4.37. The fourth-order valence-electron chi connectivity index (χ4n) is 2.93. The predicted octanol–water partition coefficient (Wildman–Crippen LogP) is 6.67. The van der Waals surface area contributed by atoms with Crippen LogP contribution in [-0.2, 0) is 0 Å². The van der Waals surface area contributed by atoms with E-state index in [0.717, 1.165) is 11.6 Å². The molecule has 1 unspecified atom stereocenters. The van der Waals surface area contributed by atoms with E-state index in [1.165, 1.54) is 36.1 Å². The molecule has 0 spiro atoms. The Labute approximate surface area is 135 Å². The summed E-state index contributed by atoms with van der Waals surface area (Å²) >= 11 is 0. The van der Waals surface area contributed by atoms with E-state index in [1.54, 1.807) is 0 Å². The molecule has 0 aliphatic rings. The molecule has 0 saturated heterocycles. The van der Waals surface area contributed by atoms with Crippen molar-refractivity contribution in [1.82, 2.24) is 0 Å². The lowest BCUT2D eigenvalue weighted by atomic mass is 9.86. The van der Waals surface area contributed by atoms with Crippen molar-refractivity contribution in [2.45, 2.75) is 52.9 Å². The number of hydrogen-bond acceptors (Lipinski definition) is 1. The van der Waals surface area contributed by atoms with Crippen LogP contribution in [0.15, 0.2) is 48.5 Å². The first-order valence-corrected chi connectivity index (χ1v) is 8.56. The SMILES string of the molecule is CCC(C[C@@H](C)CC)c1ccccc1Nc1ccc(C)cc1. The van der Waals surface area contributed by atoms with Gasteiger partial charge in [-0.3, -0.25) is 0 Å². The molecular weight excluding hydrogens is 266 g/mol. The largest absolute Gasteiger partial charge is 0.355 e. The molecule has 118 valence electrons. The van der Waals surface area contributed by atoms with Crippen molar-refractivity contribution in [2.24, 2.45) is 5.92 Å². The van der Waals surface area contributed by atoms with Crippen molar-refractivity contribution in [3.8, 4) is 0 Å². The van der Waals surface area contributed by atoms with Crippen molar-refractivity contribution in [3.63, 3.8) is 0 Å². The smallest absolute Gasteiger partial charge is 0.0419 e. The van der Waals surface area contributed by atoms with Gasteiger partial charge >= 0.3 is 0 Å². The molecule has 1 nitrogen and oxygen atoms in total. The second-order valence-corrected chi connectivity index (χ2v) is 6.43. The molecule has 0 saturated carbocycles. The average Bonchev–Trinajstić information content (AvgIpc) is 2.55. The third-order valence-corrected chi connectivity index (χ3v) is 4.61. The average molecular weight is 295 g/mol. The summed E-state index contributed by atoms with van der Waals surface area (Å²) in [5.74, 6) is 1.40. The summed E-state index contributed by atoms with van der Waals surface area (Å²) in [6.07, 6.45) is 3.71. The van der Waals surface area contributed by atoms with Gasteiger partial charge in [0.1, 0.15) is 0 Å². The Balaban J connectivity index is 2.23. The molecule has 1 heteroatoms. The van der Waals surface area contributed by atoms with Crippen molar-refractivity contribution in [2.75, 3.05) is 5.32 Å². The molecule has 2 rings (SSSR count). The monoisotopic (exact) mass is 295 g/mol. The van der Waals surface area contributed by atoms with Crippen LogP contribution in [0.5, 0.6) is 0 Å². The first kappa shape index (κ1) is 16.6. The Morgan fingerprint density at radius 2 is 1.59 bits per heavy atom. The zero-order valence-corrected chi connectivity index (χ0v) is 14.4. The summed E-state index contributed by atoms with van der Waals surface area (Å²) in [7, 11) is 0. The topological polar surface area (TPSA) is 12.0 Å². The fourth-order valence-corrected chi connectivity index (χ4v) is 2.93. The minimum absolute atomic E-state index is 0.629. The molecule has 0 aromatic heterocycles. The summed E-state index contributed by atoms with van der Waals surface area (Å²) in [6, 6.07) is 17.4. The van der Waals surface area contributed by atoms with E-state index in [9.17, 15) is 0 Å². The normalized spacial score (nSPS) is 13.6. The van der Waals surface area contributed by atoms with Crippen molar-refractivity contribution in [3.05, 3.63) is 59.7 Å². The van der Waals surface area contributed by atoms with Gasteiger partial charge in [-0.05, 0) is 55.4 Å². The maximum Gasteiger partial charge on any atom is 0.0419 e. The van der Waals surface area contributed by atoms with Gasteiger partial charge in [0.2, 0.25) is 0 Å². The first-order chi connectivity index (χ1) is 10.6. The van der Waals surface area contributed by atoms with Crippen LogP contribution in [0.1, 0.15) is 57.1 Å². The number of nitrogens with one attached hydrogen (secondary N) is 1. The molecule has 0 aliphatic carbocycles. The summed E-state index contributed by atoms with van der Waals surface area (Å²) in [5.41, 5.74) is 5.16. The van der Waals surface area contributed by atoms with Gasteiger partial charge in [0.25, 0.3) is 0 Å². The van der Waals surface area contributed by atoms with E-state index in [-0.39, 0.29) is 0 Å². The van der Waals surface area contributed by atoms with Gasteiger partial charge in [-0.2, -0.15) is 0 Å². The molecule has 0 heterocycles. The van der Waals surface area contributed by atoms with E-state index >= 15 is 0 Å². The van der Waals surface area contributed by atoms with Crippen molar-refractivity contribution >= 4 is 11.4 Å². The highest BCUT2D eigenvalue weighted by Crippen LogP contribution is 2.34. The van der Waals surface area contributed by atoms with Crippen molar-refractivity contribution in [1.29, 1.82) is 0 Å². The van der Waals surface area contributed by atoms with Crippen LogP contribution in [0.25, 0.3) is 0 Å². The Hall–Kier alpha value is -1.76. The van der Waals surface area contributed by atoms with Crippen LogP contribution < -0.4 is 5.32 Å². The van der Waals surface area contributed by atoms with E-state index in [2.05, 4.69) is 81.5 Å². The highest BCUT2D eigenvalue weighted by Gasteiger charge is 2.16. The second-order valence-electron chi connectivity index (χ2n) is 6.43. The second kappa shape index (κ2) is 8.03. The standard InChI is InChI=1S/C21H29N/c1-5-16(3)15-18(6-2)20-9-7-8-10-21(20)22-19-13-11-17(4)12-14-19/h7-14,16,18,22H,5-6,15H2,1-4H3/t16-,18?/m0/s1. The van der Waals surface area contributed by atoms with Gasteiger partial charge in [0.05, 0.1) is 0 Å². The Bertz CT molecular complexity index is 571. The summed E-state index contributed by atoms with van der Waals surface area (Å²) in [6.45, 7) is 9.07. The Morgan fingerprint density at radius 3 is 2.23 bits per heavy atom. The molecule has 0 aliphatic heterocycles. The molecule has 2 aromatic carbocycles. The number of rotatable bonds is 7. The summed E-state index contributed by atoms with van der Waals surface area (Å²) < 4.78 is 0. The van der Waals surface area contributed by atoms with Gasteiger partial charge in [0, 0.05) is 11.4 Å². The first-order valence-electron chi connectivity index (χ1n) is 8.56. The zero-order chi connectivity index (χ0) is 15.9. The molecule has 0 radical (unpaired) electrons.